The van der Waals surface area contributed by atoms with E-state index in [4.69, 9.17) is 21.0 Å². The van der Waals surface area contributed by atoms with Crippen LogP contribution in [0.2, 0.25) is 0 Å². The fraction of sp³-hybridized carbons (Fsp3) is 0.300. The second kappa shape index (κ2) is 9.58. The molecule has 0 saturated carbocycles. The molecule has 31 heavy (non-hydrogen) atoms. The second-order valence-corrected chi connectivity index (χ2v) is 7.92. The highest BCUT2D eigenvalue weighted by Gasteiger charge is 2.16. The van der Waals surface area contributed by atoms with Crippen molar-refractivity contribution >= 4 is 50.9 Å². The van der Waals surface area contributed by atoms with Gasteiger partial charge in [-0.05, 0) is 18.2 Å². The molecule has 0 aliphatic carbocycles. The lowest BCUT2D eigenvalue weighted by molar-refractivity contribution is -0.102. The molecule has 162 valence electrons. The van der Waals surface area contributed by atoms with Crippen molar-refractivity contribution in [2.24, 2.45) is 11.1 Å². The van der Waals surface area contributed by atoms with Crippen molar-refractivity contribution in [2.45, 2.75) is 0 Å². The van der Waals surface area contributed by atoms with E-state index >= 15 is 0 Å². The zero-order valence-corrected chi connectivity index (χ0v) is 17.5. The van der Waals surface area contributed by atoms with E-state index < -0.39 is 0 Å². The number of fused-ring (bicyclic) bond motifs is 1. The quantitative estimate of drug-likeness (QED) is 0.159. The Morgan fingerprint density at radius 2 is 2.16 bits per heavy atom. The van der Waals surface area contributed by atoms with Gasteiger partial charge in [0.15, 0.2) is 23.7 Å². The topological polar surface area (TPSA) is 150 Å². The fourth-order valence-corrected chi connectivity index (χ4v) is 3.56. The van der Waals surface area contributed by atoms with Crippen LogP contribution in [0.25, 0.3) is 10.9 Å². The van der Waals surface area contributed by atoms with Gasteiger partial charge in [0.05, 0.1) is 5.52 Å². The first-order valence-corrected chi connectivity index (χ1v) is 10.6. The summed E-state index contributed by atoms with van der Waals surface area (Å²) in [6.45, 7) is 3.32. The number of pyridine rings is 1. The third-order valence-electron chi connectivity index (χ3n) is 4.75. The normalized spacial score (nSPS) is 14.3. The minimum Gasteiger partial charge on any atom is -0.490 e. The number of ether oxygens (including phenoxy) is 1. The van der Waals surface area contributed by atoms with Gasteiger partial charge in [-0.2, -0.15) is 0 Å². The molecule has 3 aromatic rings. The molecule has 1 aliphatic heterocycles. The third-order valence-corrected chi connectivity index (χ3v) is 5.43. The molecule has 0 spiro atoms. The van der Waals surface area contributed by atoms with Gasteiger partial charge in [0, 0.05) is 48.1 Å². The van der Waals surface area contributed by atoms with E-state index in [1.54, 1.807) is 5.38 Å². The van der Waals surface area contributed by atoms with Crippen LogP contribution in [-0.2, 0) is 9.63 Å². The van der Waals surface area contributed by atoms with Crippen molar-refractivity contribution < 1.29 is 14.4 Å². The van der Waals surface area contributed by atoms with Crippen molar-refractivity contribution in [3.05, 3.63) is 35.3 Å². The number of thiazole rings is 1. The van der Waals surface area contributed by atoms with Gasteiger partial charge in [-0.3, -0.25) is 4.79 Å². The highest BCUT2D eigenvalue weighted by atomic mass is 32.1. The van der Waals surface area contributed by atoms with Gasteiger partial charge in [-0.1, -0.05) is 5.16 Å². The van der Waals surface area contributed by atoms with E-state index in [0.717, 1.165) is 36.4 Å². The zero-order chi connectivity index (χ0) is 21.6. The van der Waals surface area contributed by atoms with E-state index in [2.05, 4.69) is 25.8 Å². The number of nitrogen functional groups attached to an aromatic ring is 2. The maximum absolute atomic E-state index is 11.1. The van der Waals surface area contributed by atoms with Crippen molar-refractivity contribution in [3.63, 3.8) is 0 Å². The van der Waals surface area contributed by atoms with Gasteiger partial charge < -0.3 is 31.7 Å². The van der Waals surface area contributed by atoms with Crippen molar-refractivity contribution in [1.29, 1.82) is 0 Å². The van der Waals surface area contributed by atoms with E-state index in [-0.39, 0.29) is 18.9 Å². The summed E-state index contributed by atoms with van der Waals surface area (Å²) < 4.78 is 5.70. The Balaban J connectivity index is 1.31. The largest absolute Gasteiger partial charge is 0.490 e. The molecule has 10 nitrogen and oxygen atoms in total. The van der Waals surface area contributed by atoms with Crippen LogP contribution >= 0.6 is 11.3 Å². The Bertz CT molecular complexity index is 1100. The highest BCUT2D eigenvalue weighted by Crippen LogP contribution is 2.27. The number of nitrogens with one attached hydrogen (secondary N) is 2. The number of hydrogen-bond acceptors (Lipinski definition) is 11. The van der Waals surface area contributed by atoms with E-state index in [1.165, 1.54) is 11.3 Å². The summed E-state index contributed by atoms with van der Waals surface area (Å²) in [5.74, 6) is 2.03. The minimum atomic E-state index is 0.0792. The number of nitrogens with zero attached hydrogens (tertiary/aromatic N) is 3. The Morgan fingerprint density at radius 1 is 1.29 bits per heavy atom. The standard InChI is InChI=1S/C20H23N7O3S/c21-15-6-19(24-9-12-7-23-8-12)25-16-2-1-13(5-14(15)16)29-3-4-30-27-17(10-28)18-11-31-20(22)26-18/h1-2,5-6,10-12,23H,3-4,7-9H2,(H2,22,26)(H3,21,24,25)/b27-17+. The first-order valence-electron chi connectivity index (χ1n) is 9.76. The molecule has 1 fully saturated rings. The van der Waals surface area contributed by atoms with E-state index in [9.17, 15) is 4.79 Å². The molecule has 0 radical (unpaired) electrons. The number of nitrogens with two attached hydrogens (primary N) is 2. The molecule has 0 amide bonds. The number of carbonyl (C=O) groups is 1. The smallest absolute Gasteiger partial charge is 0.180 e. The number of oxime groups is 1. The minimum absolute atomic E-state index is 0.0792. The molecule has 4 rings (SSSR count). The number of anilines is 3. The SMILES string of the molecule is Nc1nc(/C(C=O)=N/OCCOc2ccc3nc(NCC4CNC4)cc(N)c3c2)cs1. The molecule has 0 unspecified atom stereocenters. The van der Waals surface area contributed by atoms with Crippen LogP contribution in [0.4, 0.5) is 16.6 Å². The van der Waals surface area contributed by atoms with Crippen LogP contribution in [0.5, 0.6) is 5.75 Å². The molecule has 1 aromatic carbocycles. The lowest BCUT2D eigenvalue weighted by Gasteiger charge is -2.27. The van der Waals surface area contributed by atoms with Crippen LogP contribution in [-0.4, -0.2) is 54.8 Å². The number of hydrogen-bond donors (Lipinski definition) is 4. The van der Waals surface area contributed by atoms with E-state index in [0.29, 0.717) is 34.5 Å². The fourth-order valence-electron chi connectivity index (χ4n) is 3.00. The van der Waals surface area contributed by atoms with Gasteiger partial charge in [-0.25, -0.2) is 9.97 Å². The molecule has 0 atom stereocenters. The van der Waals surface area contributed by atoms with Crippen molar-refractivity contribution in [1.82, 2.24) is 15.3 Å². The van der Waals surface area contributed by atoms with Crippen LogP contribution in [0, 0.1) is 5.92 Å². The second-order valence-electron chi connectivity index (χ2n) is 7.03. The number of aromatic nitrogens is 2. The van der Waals surface area contributed by atoms with E-state index in [1.807, 2.05) is 24.3 Å². The Kier molecular flexibility index (Phi) is 6.43. The maximum atomic E-state index is 11.1. The number of benzene rings is 1. The lowest BCUT2D eigenvalue weighted by atomic mass is 10.0. The molecule has 2 aromatic heterocycles. The number of carbonyl (C=O) groups excluding carboxylic acids is 1. The summed E-state index contributed by atoms with van der Waals surface area (Å²) in [7, 11) is 0. The van der Waals surface area contributed by atoms with Gasteiger partial charge >= 0.3 is 0 Å². The lowest BCUT2D eigenvalue weighted by Crippen LogP contribution is -2.45. The maximum Gasteiger partial charge on any atom is 0.180 e. The number of aldehydes is 1. The van der Waals surface area contributed by atoms with Crippen molar-refractivity contribution in [2.75, 3.05) is 49.6 Å². The Hall–Kier alpha value is -3.44. The average Bonchev–Trinajstić information content (AvgIpc) is 3.16. The summed E-state index contributed by atoms with van der Waals surface area (Å²) in [5.41, 5.74) is 13.7. The molecule has 11 heteroatoms. The molecule has 1 aliphatic rings. The monoisotopic (exact) mass is 441 g/mol. The van der Waals surface area contributed by atoms with Crippen LogP contribution < -0.4 is 26.8 Å². The average molecular weight is 442 g/mol. The van der Waals surface area contributed by atoms with Gasteiger partial charge in [0.25, 0.3) is 0 Å². The number of rotatable bonds is 10. The van der Waals surface area contributed by atoms with Crippen molar-refractivity contribution in [3.8, 4) is 5.75 Å². The highest BCUT2D eigenvalue weighted by molar-refractivity contribution is 7.13. The Labute approximate surface area is 182 Å². The van der Waals surface area contributed by atoms with Gasteiger partial charge in [-0.15, -0.1) is 11.3 Å². The predicted octanol–water partition coefficient (Wildman–Crippen LogP) is 1.49. The predicted molar refractivity (Wildman–Crippen MR) is 122 cm³/mol. The third kappa shape index (κ3) is 5.19. The molecule has 3 heterocycles. The summed E-state index contributed by atoms with van der Waals surface area (Å²) in [4.78, 5) is 24.9. The summed E-state index contributed by atoms with van der Waals surface area (Å²) in [6.07, 6.45) is 0.570. The van der Waals surface area contributed by atoms with Gasteiger partial charge in [0.1, 0.15) is 23.9 Å². The van der Waals surface area contributed by atoms with Gasteiger partial charge in [0.2, 0.25) is 0 Å². The summed E-state index contributed by atoms with van der Waals surface area (Å²) in [6, 6.07) is 7.37. The first kappa shape index (κ1) is 20.8. The van der Waals surface area contributed by atoms with Crippen LogP contribution in [0.1, 0.15) is 5.69 Å². The Morgan fingerprint density at radius 3 is 2.87 bits per heavy atom. The van der Waals surface area contributed by atoms with Crippen LogP contribution in [0.3, 0.4) is 0 Å². The molecular weight excluding hydrogens is 418 g/mol. The van der Waals surface area contributed by atoms with Crippen LogP contribution in [0.15, 0.2) is 34.8 Å². The molecule has 0 bridgehead atoms. The summed E-state index contributed by atoms with van der Waals surface area (Å²) >= 11 is 1.22. The first-order chi connectivity index (χ1) is 15.1. The molecule has 1 saturated heterocycles. The zero-order valence-electron chi connectivity index (χ0n) is 16.7. The molecular formula is C20H23N7O3S. The molecule has 6 N–H and O–H groups in total. The summed E-state index contributed by atoms with van der Waals surface area (Å²) in [5, 5.41) is 13.2.